The molecule has 2 fully saturated rings. The topological polar surface area (TPSA) is 71.0 Å². The van der Waals surface area contributed by atoms with Gasteiger partial charge in [-0.2, -0.15) is 0 Å². The Bertz CT molecular complexity index is 763. The number of rotatable bonds is 4. The van der Waals surface area contributed by atoms with Crippen LogP contribution in [0.25, 0.3) is 0 Å². The first-order chi connectivity index (χ1) is 12.1. The number of pyridine rings is 1. The summed E-state index contributed by atoms with van der Waals surface area (Å²) >= 11 is 6.01. The quantitative estimate of drug-likeness (QED) is 0.909. The van der Waals surface area contributed by atoms with Crippen molar-refractivity contribution < 1.29 is 4.79 Å². The summed E-state index contributed by atoms with van der Waals surface area (Å²) in [7, 11) is 0. The Morgan fingerprint density at radius 2 is 2.16 bits per heavy atom. The van der Waals surface area contributed by atoms with Crippen LogP contribution in [0.15, 0.2) is 37.1 Å². The molecule has 1 spiro atoms. The Hall–Kier alpha value is -2.05. The number of nitrogens with one attached hydrogen (secondary N) is 1. The lowest BCUT2D eigenvalue weighted by Gasteiger charge is -2.45. The first-order valence-electron chi connectivity index (χ1n) is 8.51. The molecule has 0 atom stereocenters. The molecule has 2 aromatic heterocycles. The number of amides is 1. The van der Waals surface area contributed by atoms with Crippen molar-refractivity contribution >= 4 is 17.5 Å². The molecular formula is C18H20ClN5O. The van der Waals surface area contributed by atoms with Crippen molar-refractivity contribution in [2.45, 2.75) is 31.8 Å². The molecular weight excluding hydrogens is 338 g/mol. The molecule has 0 unspecified atom stereocenters. The number of likely N-dealkylation sites (tertiary alicyclic amines) is 1. The van der Waals surface area contributed by atoms with Gasteiger partial charge in [-0.05, 0) is 42.9 Å². The minimum atomic E-state index is -0.132. The van der Waals surface area contributed by atoms with E-state index in [-0.39, 0.29) is 11.9 Å². The third kappa shape index (κ3) is 3.65. The number of hydrogen-bond donors (Lipinski definition) is 1. The van der Waals surface area contributed by atoms with E-state index in [1.807, 2.05) is 12.3 Å². The van der Waals surface area contributed by atoms with E-state index in [4.69, 9.17) is 11.6 Å². The second kappa shape index (κ2) is 6.69. The van der Waals surface area contributed by atoms with Crippen LogP contribution in [0.4, 0.5) is 0 Å². The number of aromatic nitrogens is 3. The number of nitrogens with zero attached hydrogens (tertiary/aromatic N) is 4. The lowest BCUT2D eigenvalue weighted by Crippen LogP contribution is -2.52. The first kappa shape index (κ1) is 16.4. The normalized spacial score (nSPS) is 25.7. The zero-order valence-corrected chi connectivity index (χ0v) is 14.6. The fourth-order valence-electron chi connectivity index (χ4n) is 4.06. The van der Waals surface area contributed by atoms with Crippen molar-refractivity contribution in [1.82, 2.24) is 25.2 Å². The fourth-order valence-corrected chi connectivity index (χ4v) is 4.26. The predicted octanol–water partition coefficient (Wildman–Crippen LogP) is 2.31. The molecule has 6 nitrogen and oxygen atoms in total. The van der Waals surface area contributed by atoms with E-state index in [9.17, 15) is 4.79 Å². The zero-order valence-electron chi connectivity index (χ0n) is 13.9. The van der Waals surface area contributed by atoms with E-state index in [2.05, 4.69) is 25.2 Å². The summed E-state index contributed by atoms with van der Waals surface area (Å²) in [4.78, 5) is 26.7. The van der Waals surface area contributed by atoms with Crippen molar-refractivity contribution in [3.63, 3.8) is 0 Å². The van der Waals surface area contributed by atoms with E-state index in [0.717, 1.165) is 38.0 Å². The summed E-state index contributed by atoms with van der Waals surface area (Å²) in [5.41, 5.74) is 1.87. The summed E-state index contributed by atoms with van der Waals surface area (Å²) in [5.74, 6) is -0.132. The Labute approximate surface area is 151 Å². The third-order valence-electron chi connectivity index (χ3n) is 5.17. The molecule has 2 aromatic rings. The number of carbonyl (C=O) groups excluding carboxylic acids is 1. The van der Waals surface area contributed by atoms with Gasteiger partial charge in [0, 0.05) is 43.9 Å². The van der Waals surface area contributed by atoms with Gasteiger partial charge in [0.05, 0.1) is 11.2 Å². The summed E-state index contributed by atoms with van der Waals surface area (Å²) in [5, 5.41) is 3.75. The Kier molecular flexibility index (Phi) is 4.39. The minimum absolute atomic E-state index is 0.132. The van der Waals surface area contributed by atoms with Crippen LogP contribution in [0, 0.1) is 5.41 Å². The molecule has 1 saturated heterocycles. The molecule has 0 aromatic carbocycles. The maximum Gasteiger partial charge on any atom is 0.271 e. The molecule has 1 aliphatic carbocycles. The number of carbonyl (C=O) groups is 1. The summed E-state index contributed by atoms with van der Waals surface area (Å²) in [6.45, 7) is 3.03. The van der Waals surface area contributed by atoms with Gasteiger partial charge in [-0.25, -0.2) is 4.98 Å². The molecule has 4 rings (SSSR count). The fraction of sp³-hybridized carbons (Fsp3) is 0.444. The SMILES string of the molecule is O=C(NC1CC2(CCN(Cc3cncc(Cl)c3)C2)C1)c1cnccn1. The standard InChI is InChI=1S/C18H20ClN5O/c19-14-5-13(8-21-9-14)11-24-4-1-18(12-24)6-15(7-18)23-17(25)16-10-20-2-3-22-16/h2-3,5,8-10,15H,1,4,6-7,11-12H2,(H,23,25). The van der Waals surface area contributed by atoms with Crippen LogP contribution < -0.4 is 5.32 Å². The van der Waals surface area contributed by atoms with E-state index in [0.29, 0.717) is 16.1 Å². The Morgan fingerprint density at radius 3 is 2.92 bits per heavy atom. The smallest absolute Gasteiger partial charge is 0.271 e. The molecule has 7 heteroatoms. The van der Waals surface area contributed by atoms with Crippen molar-refractivity contribution in [3.05, 3.63) is 53.3 Å². The van der Waals surface area contributed by atoms with E-state index in [1.165, 1.54) is 18.8 Å². The molecule has 0 bridgehead atoms. The molecule has 1 N–H and O–H groups in total. The van der Waals surface area contributed by atoms with E-state index in [1.54, 1.807) is 12.4 Å². The molecule has 3 heterocycles. The van der Waals surface area contributed by atoms with Gasteiger partial charge < -0.3 is 5.32 Å². The molecule has 2 aliphatic rings. The van der Waals surface area contributed by atoms with Gasteiger partial charge in [0.1, 0.15) is 5.69 Å². The van der Waals surface area contributed by atoms with E-state index >= 15 is 0 Å². The minimum Gasteiger partial charge on any atom is -0.348 e. The van der Waals surface area contributed by atoms with Crippen molar-refractivity contribution in [2.75, 3.05) is 13.1 Å². The van der Waals surface area contributed by atoms with Crippen LogP contribution in [0.3, 0.4) is 0 Å². The maximum absolute atomic E-state index is 12.1. The zero-order chi connectivity index (χ0) is 17.3. The van der Waals surface area contributed by atoms with Gasteiger partial charge in [-0.3, -0.25) is 19.7 Å². The lowest BCUT2D eigenvalue weighted by atomic mass is 9.65. The highest BCUT2D eigenvalue weighted by molar-refractivity contribution is 6.30. The average Bonchev–Trinajstić information content (AvgIpc) is 2.99. The highest BCUT2D eigenvalue weighted by atomic mass is 35.5. The van der Waals surface area contributed by atoms with Crippen LogP contribution in [-0.4, -0.2) is 44.9 Å². The van der Waals surface area contributed by atoms with Crippen LogP contribution in [-0.2, 0) is 6.54 Å². The van der Waals surface area contributed by atoms with E-state index < -0.39 is 0 Å². The second-order valence-electron chi connectivity index (χ2n) is 7.14. The third-order valence-corrected chi connectivity index (χ3v) is 5.38. The maximum atomic E-state index is 12.1. The Balaban J connectivity index is 1.28. The Morgan fingerprint density at radius 1 is 1.28 bits per heavy atom. The van der Waals surface area contributed by atoms with Gasteiger partial charge >= 0.3 is 0 Å². The number of hydrogen-bond acceptors (Lipinski definition) is 5. The summed E-state index contributed by atoms with van der Waals surface area (Å²) in [6, 6.07) is 2.21. The summed E-state index contributed by atoms with van der Waals surface area (Å²) in [6.07, 6.45) is 11.4. The first-order valence-corrected chi connectivity index (χ1v) is 8.88. The molecule has 0 radical (unpaired) electrons. The number of halogens is 1. The predicted molar refractivity (Wildman–Crippen MR) is 94.1 cm³/mol. The second-order valence-corrected chi connectivity index (χ2v) is 7.58. The average molecular weight is 358 g/mol. The van der Waals surface area contributed by atoms with Crippen molar-refractivity contribution in [3.8, 4) is 0 Å². The highest BCUT2D eigenvalue weighted by Crippen LogP contribution is 2.48. The monoisotopic (exact) mass is 357 g/mol. The largest absolute Gasteiger partial charge is 0.348 e. The van der Waals surface area contributed by atoms with Crippen LogP contribution in [0.1, 0.15) is 35.3 Å². The summed E-state index contributed by atoms with van der Waals surface area (Å²) < 4.78 is 0. The van der Waals surface area contributed by atoms with Gasteiger partial charge in [0.25, 0.3) is 5.91 Å². The van der Waals surface area contributed by atoms with Gasteiger partial charge in [-0.1, -0.05) is 11.6 Å². The molecule has 1 saturated carbocycles. The molecule has 1 aliphatic heterocycles. The van der Waals surface area contributed by atoms with Gasteiger partial charge in [0.2, 0.25) is 0 Å². The van der Waals surface area contributed by atoms with Gasteiger partial charge in [0.15, 0.2) is 0 Å². The van der Waals surface area contributed by atoms with Crippen molar-refractivity contribution in [2.24, 2.45) is 5.41 Å². The molecule has 25 heavy (non-hydrogen) atoms. The van der Waals surface area contributed by atoms with Crippen LogP contribution in [0.2, 0.25) is 5.02 Å². The van der Waals surface area contributed by atoms with Crippen molar-refractivity contribution in [1.29, 1.82) is 0 Å². The van der Waals surface area contributed by atoms with Gasteiger partial charge in [-0.15, -0.1) is 0 Å². The molecule has 1 amide bonds. The van der Waals surface area contributed by atoms with Crippen LogP contribution in [0.5, 0.6) is 0 Å². The van der Waals surface area contributed by atoms with Crippen LogP contribution >= 0.6 is 11.6 Å². The molecule has 130 valence electrons. The lowest BCUT2D eigenvalue weighted by molar-refractivity contribution is 0.0690. The highest BCUT2D eigenvalue weighted by Gasteiger charge is 2.48.